The zero-order valence-electron chi connectivity index (χ0n) is 14.2. The highest BCUT2D eigenvalue weighted by molar-refractivity contribution is 6.17. The lowest BCUT2D eigenvalue weighted by Crippen LogP contribution is -2.54. The lowest BCUT2D eigenvalue weighted by Gasteiger charge is -2.37. The van der Waals surface area contributed by atoms with Crippen LogP contribution in [0.25, 0.3) is 0 Å². The predicted molar refractivity (Wildman–Crippen MR) is 91.4 cm³/mol. The van der Waals surface area contributed by atoms with Gasteiger partial charge in [-0.15, -0.1) is 11.6 Å². The number of amides is 4. The summed E-state index contributed by atoms with van der Waals surface area (Å²) in [6, 6.07) is 3.11. The molecule has 0 saturated carbocycles. The summed E-state index contributed by atoms with van der Waals surface area (Å²) in [6.07, 6.45) is -0.662. The average molecular weight is 384 g/mol. The number of fused-ring (bicyclic) bond motifs is 2. The van der Waals surface area contributed by atoms with Crippen molar-refractivity contribution in [2.24, 2.45) is 0 Å². The molecule has 2 N–H and O–H groups in total. The van der Waals surface area contributed by atoms with Gasteiger partial charge in [-0.1, -0.05) is 0 Å². The van der Waals surface area contributed by atoms with Crippen molar-refractivity contribution in [2.45, 2.75) is 31.4 Å². The maximum Gasteiger partial charge on any atom is 0.325 e. The largest absolute Gasteiger partial charge is 0.480 e. The van der Waals surface area contributed by atoms with Crippen LogP contribution >= 0.6 is 11.6 Å². The van der Waals surface area contributed by atoms with Gasteiger partial charge >= 0.3 is 6.03 Å². The quantitative estimate of drug-likeness (QED) is 0.595. The van der Waals surface area contributed by atoms with Gasteiger partial charge in [0, 0.05) is 31.0 Å². The molecule has 3 rings (SSSR count). The fourth-order valence-corrected chi connectivity index (χ4v) is 3.44. The molecule has 1 saturated heterocycles. The summed E-state index contributed by atoms with van der Waals surface area (Å²) in [5.74, 6) is -1.01. The standard InChI is InChI=1S/C17H19ClFN3O4/c1-2-20-14(23)13-9-17(11-8-10(19)4-5-12(11)26-13)15(24)22(7-3-6-18)16(25)21-17/h4-5,8,13H,2-3,6-7,9H2,1H3,(H,20,23)(H,21,25)/t13-,17-/m0/s1. The minimum Gasteiger partial charge on any atom is -0.480 e. The van der Waals surface area contributed by atoms with Gasteiger partial charge in [0.1, 0.15) is 11.6 Å². The number of urea groups is 1. The number of alkyl halides is 1. The Morgan fingerprint density at radius 3 is 2.96 bits per heavy atom. The Bertz CT molecular complexity index is 760. The molecule has 1 aromatic carbocycles. The van der Waals surface area contributed by atoms with Crippen LogP contribution in [0.2, 0.25) is 0 Å². The Labute approximate surface area is 154 Å². The molecule has 0 aromatic heterocycles. The van der Waals surface area contributed by atoms with E-state index in [2.05, 4.69) is 10.6 Å². The van der Waals surface area contributed by atoms with Crippen LogP contribution in [-0.4, -0.2) is 47.8 Å². The van der Waals surface area contributed by atoms with Gasteiger partial charge in [0.05, 0.1) is 0 Å². The van der Waals surface area contributed by atoms with Crippen LogP contribution < -0.4 is 15.4 Å². The molecular weight excluding hydrogens is 365 g/mol. The lowest BCUT2D eigenvalue weighted by molar-refractivity contribution is -0.136. The van der Waals surface area contributed by atoms with Gasteiger partial charge in [-0.3, -0.25) is 14.5 Å². The number of halogens is 2. The predicted octanol–water partition coefficient (Wildman–Crippen LogP) is 1.49. The molecule has 0 radical (unpaired) electrons. The molecule has 0 unspecified atom stereocenters. The highest BCUT2D eigenvalue weighted by Gasteiger charge is 2.57. The van der Waals surface area contributed by atoms with Crippen LogP contribution in [0.1, 0.15) is 25.3 Å². The van der Waals surface area contributed by atoms with Crippen LogP contribution in [0.3, 0.4) is 0 Å². The van der Waals surface area contributed by atoms with Gasteiger partial charge in [0.25, 0.3) is 11.8 Å². The molecule has 7 nitrogen and oxygen atoms in total. The third-order valence-corrected chi connectivity index (χ3v) is 4.76. The van der Waals surface area contributed by atoms with E-state index in [9.17, 15) is 18.8 Å². The van der Waals surface area contributed by atoms with Crippen molar-refractivity contribution >= 4 is 29.4 Å². The molecule has 4 amide bonds. The van der Waals surface area contributed by atoms with E-state index < -0.39 is 35.3 Å². The van der Waals surface area contributed by atoms with Crippen molar-refractivity contribution in [1.29, 1.82) is 0 Å². The van der Waals surface area contributed by atoms with E-state index in [1.165, 1.54) is 12.1 Å². The molecule has 1 aromatic rings. The van der Waals surface area contributed by atoms with Crippen molar-refractivity contribution < 1.29 is 23.5 Å². The van der Waals surface area contributed by atoms with Crippen LogP contribution in [0.5, 0.6) is 5.75 Å². The molecule has 2 aliphatic heterocycles. The first-order chi connectivity index (χ1) is 12.4. The van der Waals surface area contributed by atoms with Gasteiger partial charge in [0.15, 0.2) is 11.6 Å². The molecule has 2 aliphatic rings. The van der Waals surface area contributed by atoms with Crippen molar-refractivity contribution in [2.75, 3.05) is 19.0 Å². The number of nitrogens with zero attached hydrogens (tertiary/aromatic N) is 1. The fourth-order valence-electron chi connectivity index (χ4n) is 3.32. The van der Waals surface area contributed by atoms with Crippen molar-refractivity contribution in [3.63, 3.8) is 0 Å². The highest BCUT2D eigenvalue weighted by Crippen LogP contribution is 2.43. The third kappa shape index (κ3) is 2.98. The van der Waals surface area contributed by atoms with Crippen LogP contribution in [0, 0.1) is 5.82 Å². The molecule has 26 heavy (non-hydrogen) atoms. The number of nitrogens with one attached hydrogen (secondary N) is 2. The molecule has 9 heteroatoms. The number of imide groups is 1. The molecule has 1 fully saturated rings. The molecule has 0 bridgehead atoms. The van der Waals surface area contributed by atoms with Gasteiger partial charge in [-0.25, -0.2) is 9.18 Å². The second-order valence-electron chi connectivity index (χ2n) is 6.18. The third-order valence-electron chi connectivity index (χ3n) is 4.50. The minimum atomic E-state index is -1.53. The van der Waals surface area contributed by atoms with Crippen LogP contribution in [0.4, 0.5) is 9.18 Å². The first-order valence-corrected chi connectivity index (χ1v) is 8.91. The molecule has 2 atom stereocenters. The Kier molecular flexibility index (Phi) is 5.04. The zero-order valence-corrected chi connectivity index (χ0v) is 14.9. The van der Waals surface area contributed by atoms with Crippen LogP contribution in [-0.2, 0) is 15.1 Å². The number of carbonyl (C=O) groups is 3. The summed E-state index contributed by atoms with van der Waals surface area (Å²) in [6.45, 7) is 2.30. The van der Waals surface area contributed by atoms with E-state index in [1.807, 2.05) is 0 Å². The Morgan fingerprint density at radius 1 is 1.50 bits per heavy atom. The SMILES string of the molecule is CCNC(=O)[C@@H]1C[C@]2(NC(=O)N(CCCCl)C2=O)c2cc(F)ccc2O1. The monoisotopic (exact) mass is 383 g/mol. The van der Waals surface area contributed by atoms with Crippen molar-refractivity contribution in [3.8, 4) is 5.75 Å². The van der Waals surface area contributed by atoms with E-state index in [4.69, 9.17) is 16.3 Å². The lowest BCUT2D eigenvalue weighted by atomic mass is 9.81. The first-order valence-electron chi connectivity index (χ1n) is 8.37. The first kappa shape index (κ1) is 18.4. The number of hydrogen-bond acceptors (Lipinski definition) is 4. The number of likely N-dealkylation sites (N-methyl/N-ethyl adjacent to an activating group) is 1. The topological polar surface area (TPSA) is 87.7 Å². The van der Waals surface area contributed by atoms with E-state index in [0.29, 0.717) is 18.8 Å². The summed E-state index contributed by atoms with van der Waals surface area (Å²) in [5, 5.41) is 5.30. The molecule has 1 spiro atoms. The molecular formula is C17H19ClFN3O4. The molecule has 2 heterocycles. The fraction of sp³-hybridized carbons (Fsp3) is 0.471. The van der Waals surface area contributed by atoms with E-state index >= 15 is 0 Å². The molecule has 0 aliphatic carbocycles. The Hall–Kier alpha value is -2.35. The molecule has 140 valence electrons. The zero-order chi connectivity index (χ0) is 18.9. The number of carbonyl (C=O) groups excluding carboxylic acids is 3. The van der Waals surface area contributed by atoms with Gasteiger partial charge in [0.2, 0.25) is 0 Å². The number of rotatable bonds is 5. The average Bonchev–Trinajstić information content (AvgIpc) is 2.84. The number of ether oxygens (including phenoxy) is 1. The summed E-state index contributed by atoms with van der Waals surface area (Å²) in [7, 11) is 0. The van der Waals surface area contributed by atoms with E-state index in [1.54, 1.807) is 6.92 Å². The van der Waals surface area contributed by atoms with Gasteiger partial charge in [-0.05, 0) is 31.5 Å². The highest BCUT2D eigenvalue weighted by atomic mass is 35.5. The smallest absolute Gasteiger partial charge is 0.325 e. The van der Waals surface area contributed by atoms with Crippen molar-refractivity contribution in [1.82, 2.24) is 15.5 Å². The number of benzene rings is 1. The summed E-state index contributed by atoms with van der Waals surface area (Å²) < 4.78 is 19.5. The summed E-state index contributed by atoms with van der Waals surface area (Å²) >= 11 is 5.66. The van der Waals surface area contributed by atoms with Crippen LogP contribution in [0.15, 0.2) is 18.2 Å². The second-order valence-corrected chi connectivity index (χ2v) is 6.56. The van der Waals surface area contributed by atoms with Gasteiger partial charge < -0.3 is 15.4 Å². The number of hydrogen-bond donors (Lipinski definition) is 2. The Balaban J connectivity index is 2.04. The maximum atomic E-state index is 13.8. The Morgan fingerprint density at radius 2 is 2.27 bits per heavy atom. The summed E-state index contributed by atoms with van der Waals surface area (Å²) in [5.41, 5.74) is -1.32. The minimum absolute atomic E-state index is 0.114. The maximum absolute atomic E-state index is 13.8. The van der Waals surface area contributed by atoms with E-state index in [0.717, 1.165) is 11.0 Å². The van der Waals surface area contributed by atoms with Gasteiger partial charge in [-0.2, -0.15) is 0 Å². The van der Waals surface area contributed by atoms with Crippen molar-refractivity contribution in [3.05, 3.63) is 29.6 Å². The summed E-state index contributed by atoms with van der Waals surface area (Å²) in [4.78, 5) is 38.8. The second kappa shape index (κ2) is 7.11. The van der Waals surface area contributed by atoms with E-state index in [-0.39, 0.29) is 24.3 Å². The normalized spacial score (nSPS) is 24.3.